The summed E-state index contributed by atoms with van der Waals surface area (Å²) in [6.45, 7) is 3.20. The minimum atomic E-state index is 0.810. The summed E-state index contributed by atoms with van der Waals surface area (Å²) in [6, 6.07) is 6.09. The zero-order chi connectivity index (χ0) is 9.97. The SMILES string of the molecule is CN1CCNc2cc(Cl)ccc2CC1. The Hall–Kier alpha value is -0.730. The molecule has 0 amide bonds. The first-order valence-electron chi connectivity index (χ1n) is 4.96. The van der Waals surface area contributed by atoms with E-state index < -0.39 is 0 Å². The Bertz CT molecular complexity index is 325. The molecule has 2 nitrogen and oxygen atoms in total. The van der Waals surface area contributed by atoms with E-state index in [9.17, 15) is 0 Å². The van der Waals surface area contributed by atoms with Crippen molar-refractivity contribution >= 4 is 17.3 Å². The van der Waals surface area contributed by atoms with E-state index in [4.69, 9.17) is 11.6 Å². The maximum Gasteiger partial charge on any atom is 0.0426 e. The molecule has 1 aromatic rings. The molecule has 14 heavy (non-hydrogen) atoms. The van der Waals surface area contributed by atoms with E-state index in [-0.39, 0.29) is 0 Å². The van der Waals surface area contributed by atoms with Gasteiger partial charge in [0.2, 0.25) is 0 Å². The van der Waals surface area contributed by atoms with Crippen molar-refractivity contribution < 1.29 is 0 Å². The van der Waals surface area contributed by atoms with Gasteiger partial charge in [-0.2, -0.15) is 0 Å². The van der Waals surface area contributed by atoms with Crippen molar-refractivity contribution in [3.63, 3.8) is 0 Å². The first-order valence-corrected chi connectivity index (χ1v) is 5.34. The van der Waals surface area contributed by atoms with E-state index in [0.29, 0.717) is 0 Å². The molecular formula is C11H15ClN2. The third kappa shape index (κ3) is 2.20. The Morgan fingerprint density at radius 1 is 1.36 bits per heavy atom. The Kier molecular flexibility index (Phi) is 2.94. The molecule has 2 rings (SSSR count). The summed E-state index contributed by atoms with van der Waals surface area (Å²) in [5, 5.41) is 4.22. The lowest BCUT2D eigenvalue weighted by molar-refractivity contribution is 0.348. The van der Waals surface area contributed by atoms with Gasteiger partial charge in [0.25, 0.3) is 0 Å². The van der Waals surface area contributed by atoms with Crippen molar-refractivity contribution in [2.45, 2.75) is 6.42 Å². The Balaban J connectivity index is 2.24. The van der Waals surface area contributed by atoms with Crippen LogP contribution in [0, 0.1) is 0 Å². The second-order valence-electron chi connectivity index (χ2n) is 3.78. The molecule has 0 aliphatic carbocycles. The van der Waals surface area contributed by atoms with Gasteiger partial charge in [0, 0.05) is 30.3 Å². The first kappa shape index (κ1) is 9.81. The Morgan fingerprint density at radius 2 is 2.21 bits per heavy atom. The number of benzene rings is 1. The number of nitrogens with one attached hydrogen (secondary N) is 1. The number of halogens is 1. The number of nitrogens with zero attached hydrogens (tertiary/aromatic N) is 1. The summed E-state index contributed by atoms with van der Waals surface area (Å²) in [7, 11) is 2.16. The van der Waals surface area contributed by atoms with Crippen LogP contribution >= 0.6 is 11.6 Å². The van der Waals surface area contributed by atoms with E-state index in [2.05, 4.69) is 23.3 Å². The summed E-state index contributed by atoms with van der Waals surface area (Å²) in [4.78, 5) is 2.34. The van der Waals surface area contributed by atoms with Gasteiger partial charge in [-0.15, -0.1) is 0 Å². The van der Waals surface area contributed by atoms with Gasteiger partial charge in [-0.25, -0.2) is 0 Å². The predicted octanol–water partition coefficient (Wildman–Crippen LogP) is 2.24. The molecule has 0 saturated heterocycles. The van der Waals surface area contributed by atoms with Gasteiger partial charge in [-0.1, -0.05) is 17.7 Å². The second-order valence-corrected chi connectivity index (χ2v) is 4.22. The van der Waals surface area contributed by atoms with Gasteiger partial charge < -0.3 is 10.2 Å². The van der Waals surface area contributed by atoms with Crippen LogP contribution in [0.15, 0.2) is 18.2 Å². The van der Waals surface area contributed by atoms with E-state index in [0.717, 1.165) is 31.1 Å². The molecule has 0 spiro atoms. The molecule has 0 saturated carbocycles. The first-order chi connectivity index (χ1) is 6.75. The van der Waals surface area contributed by atoms with Gasteiger partial charge in [-0.3, -0.25) is 0 Å². The number of hydrogen-bond donors (Lipinski definition) is 1. The normalized spacial score (nSPS) is 17.9. The van der Waals surface area contributed by atoms with Crippen molar-refractivity contribution in [3.8, 4) is 0 Å². The van der Waals surface area contributed by atoms with Crippen LogP contribution in [0.1, 0.15) is 5.56 Å². The zero-order valence-corrected chi connectivity index (χ0v) is 9.14. The molecule has 0 radical (unpaired) electrons. The maximum atomic E-state index is 5.95. The summed E-state index contributed by atoms with van der Waals surface area (Å²) in [5.74, 6) is 0. The molecule has 0 fully saturated rings. The Morgan fingerprint density at radius 3 is 3.07 bits per heavy atom. The van der Waals surface area contributed by atoms with E-state index in [1.165, 1.54) is 11.3 Å². The fraction of sp³-hybridized carbons (Fsp3) is 0.455. The molecule has 0 atom stereocenters. The van der Waals surface area contributed by atoms with Crippen molar-refractivity contribution in [2.75, 3.05) is 32.0 Å². The van der Waals surface area contributed by atoms with Crippen molar-refractivity contribution in [3.05, 3.63) is 28.8 Å². The van der Waals surface area contributed by atoms with Crippen molar-refractivity contribution in [1.29, 1.82) is 0 Å². The van der Waals surface area contributed by atoms with Gasteiger partial charge >= 0.3 is 0 Å². The highest BCUT2D eigenvalue weighted by atomic mass is 35.5. The van der Waals surface area contributed by atoms with Gasteiger partial charge in [0.15, 0.2) is 0 Å². The highest BCUT2D eigenvalue weighted by Gasteiger charge is 2.08. The predicted molar refractivity (Wildman–Crippen MR) is 61.1 cm³/mol. The molecule has 76 valence electrons. The number of rotatable bonds is 0. The molecule has 0 unspecified atom stereocenters. The average molecular weight is 211 g/mol. The van der Waals surface area contributed by atoms with E-state index in [1.807, 2.05) is 12.1 Å². The van der Waals surface area contributed by atoms with Crippen LogP contribution in [-0.2, 0) is 6.42 Å². The minimum absolute atomic E-state index is 0.810. The third-order valence-corrected chi connectivity index (χ3v) is 2.88. The number of fused-ring (bicyclic) bond motifs is 1. The van der Waals surface area contributed by atoms with Gasteiger partial charge in [-0.05, 0) is 31.2 Å². The van der Waals surface area contributed by atoms with Crippen LogP contribution in [0.2, 0.25) is 5.02 Å². The molecule has 1 aromatic carbocycles. The lowest BCUT2D eigenvalue weighted by atomic mass is 10.1. The molecule has 1 N–H and O–H groups in total. The smallest absolute Gasteiger partial charge is 0.0426 e. The number of likely N-dealkylation sites (N-methyl/N-ethyl adjacent to an activating group) is 1. The van der Waals surface area contributed by atoms with E-state index >= 15 is 0 Å². The van der Waals surface area contributed by atoms with Crippen LogP contribution in [0.25, 0.3) is 0 Å². The third-order valence-electron chi connectivity index (χ3n) is 2.64. The number of anilines is 1. The monoisotopic (exact) mass is 210 g/mol. The van der Waals surface area contributed by atoms with Crippen LogP contribution < -0.4 is 5.32 Å². The summed E-state index contributed by atoms with van der Waals surface area (Å²) in [5.41, 5.74) is 2.56. The minimum Gasteiger partial charge on any atom is -0.383 e. The second kappa shape index (κ2) is 4.20. The molecule has 1 aliphatic heterocycles. The summed E-state index contributed by atoms with van der Waals surface area (Å²) >= 11 is 5.95. The number of hydrogen-bond acceptors (Lipinski definition) is 2. The standard InChI is InChI=1S/C11H15ClN2/c1-14-6-4-9-2-3-10(12)8-11(9)13-5-7-14/h2-3,8,13H,4-7H2,1H3. The van der Waals surface area contributed by atoms with Crippen molar-refractivity contribution in [2.24, 2.45) is 0 Å². The molecule has 1 heterocycles. The van der Waals surface area contributed by atoms with Crippen LogP contribution in [-0.4, -0.2) is 31.6 Å². The quantitative estimate of drug-likeness (QED) is 0.707. The topological polar surface area (TPSA) is 15.3 Å². The fourth-order valence-corrected chi connectivity index (χ4v) is 1.91. The zero-order valence-electron chi connectivity index (χ0n) is 8.39. The molecular weight excluding hydrogens is 196 g/mol. The van der Waals surface area contributed by atoms with Crippen LogP contribution in [0.4, 0.5) is 5.69 Å². The molecule has 0 bridgehead atoms. The highest BCUT2D eigenvalue weighted by molar-refractivity contribution is 6.30. The van der Waals surface area contributed by atoms with Crippen LogP contribution in [0.5, 0.6) is 0 Å². The molecule has 0 aromatic heterocycles. The van der Waals surface area contributed by atoms with Gasteiger partial charge in [0.1, 0.15) is 0 Å². The largest absolute Gasteiger partial charge is 0.383 e. The van der Waals surface area contributed by atoms with E-state index in [1.54, 1.807) is 0 Å². The maximum absolute atomic E-state index is 5.95. The highest BCUT2D eigenvalue weighted by Crippen LogP contribution is 2.22. The lowest BCUT2D eigenvalue weighted by Gasteiger charge is -2.22. The molecule has 3 heteroatoms. The fourth-order valence-electron chi connectivity index (χ4n) is 1.74. The van der Waals surface area contributed by atoms with Crippen molar-refractivity contribution in [1.82, 2.24) is 4.90 Å². The Labute approximate surface area is 89.9 Å². The summed E-state index contributed by atoms with van der Waals surface area (Å²) in [6.07, 6.45) is 1.09. The lowest BCUT2D eigenvalue weighted by Crippen LogP contribution is -2.29. The average Bonchev–Trinajstić information content (AvgIpc) is 2.13. The van der Waals surface area contributed by atoms with Gasteiger partial charge in [0.05, 0.1) is 0 Å². The summed E-state index contributed by atoms with van der Waals surface area (Å²) < 4.78 is 0. The molecule has 1 aliphatic rings. The van der Waals surface area contributed by atoms with Crippen LogP contribution in [0.3, 0.4) is 0 Å².